The highest BCUT2D eigenvalue weighted by molar-refractivity contribution is 9.08. The van der Waals surface area contributed by atoms with Crippen LogP contribution in [-0.4, -0.2) is 0 Å². The third-order valence-corrected chi connectivity index (χ3v) is 2.11. The van der Waals surface area contributed by atoms with E-state index in [1.165, 1.54) is 5.56 Å². The Morgan fingerprint density at radius 1 is 1.30 bits per heavy atom. The Bertz CT molecular complexity index is 216. The highest BCUT2D eigenvalue weighted by Crippen LogP contribution is 2.07. The van der Waals surface area contributed by atoms with Crippen LogP contribution in [-0.2, 0) is 11.7 Å². The summed E-state index contributed by atoms with van der Waals surface area (Å²) in [5.41, 5.74) is 2.34. The molecule has 1 heteroatoms. The van der Waals surface area contributed by atoms with Crippen LogP contribution in [0.3, 0.4) is 0 Å². The molecule has 0 aliphatic heterocycles. The summed E-state index contributed by atoms with van der Waals surface area (Å²) in [5.74, 6) is 0. The predicted molar refractivity (Wildman–Crippen MR) is 48.5 cm³/mol. The molecule has 0 bridgehead atoms. The monoisotopic (exact) mass is 199 g/mol. The minimum absolute atomic E-state index is 0.112. The molecule has 0 fully saturated rings. The SMILES string of the molecule is [2H]C(C)c1ccc(CBr)cc1. The topological polar surface area (TPSA) is 0 Å². The highest BCUT2D eigenvalue weighted by Gasteiger charge is 1.88. The van der Waals surface area contributed by atoms with Crippen LogP contribution in [0.4, 0.5) is 0 Å². The van der Waals surface area contributed by atoms with E-state index < -0.39 is 0 Å². The first-order chi connectivity index (χ1) is 5.24. The van der Waals surface area contributed by atoms with Gasteiger partial charge in [0.25, 0.3) is 0 Å². The van der Waals surface area contributed by atoms with Gasteiger partial charge in [-0.1, -0.05) is 47.1 Å². The number of aryl methyl sites for hydroxylation is 1. The maximum absolute atomic E-state index is 7.43. The van der Waals surface area contributed by atoms with Crippen molar-refractivity contribution in [3.05, 3.63) is 35.4 Å². The fourth-order valence-corrected chi connectivity index (χ4v) is 1.17. The summed E-state index contributed by atoms with van der Waals surface area (Å²) in [6.07, 6.45) is -0.112. The van der Waals surface area contributed by atoms with E-state index >= 15 is 0 Å². The number of halogens is 1. The molecule has 10 heavy (non-hydrogen) atoms. The van der Waals surface area contributed by atoms with Crippen molar-refractivity contribution < 1.29 is 1.37 Å². The van der Waals surface area contributed by atoms with Crippen molar-refractivity contribution in [1.29, 1.82) is 0 Å². The Hall–Kier alpha value is -0.300. The van der Waals surface area contributed by atoms with Gasteiger partial charge in [0.2, 0.25) is 0 Å². The summed E-state index contributed by atoms with van der Waals surface area (Å²) >= 11 is 3.37. The van der Waals surface area contributed by atoms with Crippen LogP contribution >= 0.6 is 15.9 Å². The van der Waals surface area contributed by atoms with Gasteiger partial charge < -0.3 is 0 Å². The summed E-state index contributed by atoms with van der Waals surface area (Å²) in [7, 11) is 0. The molecule has 0 radical (unpaired) electrons. The average Bonchev–Trinajstić information content (AvgIpc) is 2.05. The molecule has 0 spiro atoms. The smallest absolute Gasteiger partial charge is 0.0313 e. The molecule has 1 atom stereocenters. The minimum Gasteiger partial charge on any atom is -0.0876 e. The van der Waals surface area contributed by atoms with Crippen molar-refractivity contribution in [1.82, 2.24) is 0 Å². The molecule has 0 aromatic heterocycles. The second kappa shape index (κ2) is 3.77. The van der Waals surface area contributed by atoms with Crippen molar-refractivity contribution in [3.63, 3.8) is 0 Å². The zero-order valence-corrected chi connectivity index (χ0v) is 7.56. The first-order valence-electron chi connectivity index (χ1n) is 3.89. The zero-order valence-electron chi connectivity index (χ0n) is 6.97. The van der Waals surface area contributed by atoms with Crippen LogP contribution in [0.5, 0.6) is 0 Å². The predicted octanol–water partition coefficient (Wildman–Crippen LogP) is 3.14. The Morgan fingerprint density at radius 2 is 1.80 bits per heavy atom. The lowest BCUT2D eigenvalue weighted by molar-refractivity contribution is 1.13. The van der Waals surface area contributed by atoms with Crippen molar-refractivity contribution in [2.24, 2.45) is 0 Å². The van der Waals surface area contributed by atoms with Crippen LogP contribution in [0, 0.1) is 0 Å². The maximum Gasteiger partial charge on any atom is 0.0313 e. The van der Waals surface area contributed by atoms with Gasteiger partial charge in [0.05, 0.1) is 0 Å². The molecular weight excluding hydrogens is 188 g/mol. The van der Waals surface area contributed by atoms with E-state index in [1.54, 1.807) is 0 Å². The van der Waals surface area contributed by atoms with Crippen LogP contribution in [0.25, 0.3) is 0 Å². The molecule has 0 saturated carbocycles. The molecule has 1 unspecified atom stereocenters. The molecule has 0 aliphatic carbocycles. The van der Waals surface area contributed by atoms with E-state index in [0.717, 1.165) is 10.9 Å². The third kappa shape index (κ3) is 1.84. The highest BCUT2D eigenvalue weighted by atomic mass is 79.9. The fraction of sp³-hybridized carbons (Fsp3) is 0.333. The normalized spacial score (nSPS) is 14.4. The summed E-state index contributed by atoms with van der Waals surface area (Å²) in [6.45, 7) is 1.88. The van der Waals surface area contributed by atoms with Gasteiger partial charge in [0.1, 0.15) is 0 Å². The number of rotatable bonds is 2. The third-order valence-electron chi connectivity index (χ3n) is 1.47. The fourth-order valence-electron chi connectivity index (χ4n) is 0.799. The molecule has 1 aromatic carbocycles. The lowest BCUT2D eigenvalue weighted by Gasteiger charge is -1.96. The lowest BCUT2D eigenvalue weighted by atomic mass is 10.1. The average molecular weight is 200 g/mol. The standard InChI is InChI=1S/C9H11Br/c1-2-8-3-5-9(7-10)6-4-8/h3-6H,2,7H2,1H3/i2D. The lowest BCUT2D eigenvalue weighted by Crippen LogP contribution is -1.80. The van der Waals surface area contributed by atoms with Crippen molar-refractivity contribution in [2.45, 2.75) is 18.7 Å². The second-order valence-electron chi connectivity index (χ2n) is 2.16. The first-order valence-corrected chi connectivity index (χ1v) is 4.43. The molecule has 0 nitrogen and oxygen atoms in total. The molecule has 0 heterocycles. The van der Waals surface area contributed by atoms with Gasteiger partial charge in [0, 0.05) is 6.70 Å². The quantitative estimate of drug-likeness (QED) is 0.643. The van der Waals surface area contributed by atoms with Gasteiger partial charge in [-0.2, -0.15) is 0 Å². The van der Waals surface area contributed by atoms with Crippen LogP contribution in [0.2, 0.25) is 0 Å². The maximum atomic E-state index is 7.43. The summed E-state index contributed by atoms with van der Waals surface area (Å²) in [4.78, 5) is 0. The number of hydrogen-bond donors (Lipinski definition) is 0. The number of alkyl halides is 1. The Morgan fingerprint density at radius 3 is 2.20 bits per heavy atom. The largest absolute Gasteiger partial charge is 0.0876 e. The minimum atomic E-state index is -0.112. The Kier molecular flexibility index (Phi) is 2.42. The van der Waals surface area contributed by atoms with Gasteiger partial charge in [-0.25, -0.2) is 0 Å². The van der Waals surface area contributed by atoms with Gasteiger partial charge in [-0.15, -0.1) is 0 Å². The van der Waals surface area contributed by atoms with Crippen LogP contribution in [0.1, 0.15) is 19.4 Å². The van der Waals surface area contributed by atoms with Gasteiger partial charge in [-0.3, -0.25) is 0 Å². The molecule has 0 amide bonds. The van der Waals surface area contributed by atoms with Crippen LogP contribution in [0.15, 0.2) is 24.3 Å². The summed E-state index contributed by atoms with van der Waals surface area (Å²) in [5, 5.41) is 0.889. The molecular formula is C9H11Br. The molecule has 1 rings (SSSR count). The molecule has 0 aliphatic rings. The molecule has 0 saturated heterocycles. The van der Waals surface area contributed by atoms with Gasteiger partial charge in [0.15, 0.2) is 0 Å². The number of benzene rings is 1. The van der Waals surface area contributed by atoms with E-state index in [9.17, 15) is 0 Å². The Balaban J connectivity index is 2.83. The van der Waals surface area contributed by atoms with Crippen LogP contribution < -0.4 is 0 Å². The van der Waals surface area contributed by atoms with E-state index in [-0.39, 0.29) is 6.40 Å². The summed E-state index contributed by atoms with van der Waals surface area (Å²) < 4.78 is 7.43. The Labute approximate surface area is 71.8 Å². The second-order valence-corrected chi connectivity index (χ2v) is 2.72. The van der Waals surface area contributed by atoms with E-state index in [2.05, 4.69) is 28.1 Å². The number of hydrogen-bond acceptors (Lipinski definition) is 0. The molecule has 1 aromatic rings. The van der Waals surface area contributed by atoms with Crippen molar-refractivity contribution >= 4 is 15.9 Å². The van der Waals surface area contributed by atoms with E-state index in [0.29, 0.717) is 0 Å². The van der Waals surface area contributed by atoms with Gasteiger partial charge >= 0.3 is 0 Å². The molecule has 54 valence electrons. The molecule has 0 N–H and O–H groups in total. The van der Waals surface area contributed by atoms with Crippen molar-refractivity contribution in [2.75, 3.05) is 0 Å². The van der Waals surface area contributed by atoms with Crippen molar-refractivity contribution in [3.8, 4) is 0 Å². The first kappa shape index (κ1) is 6.41. The van der Waals surface area contributed by atoms with E-state index in [1.807, 2.05) is 19.1 Å². The van der Waals surface area contributed by atoms with E-state index in [4.69, 9.17) is 1.37 Å². The van der Waals surface area contributed by atoms with Gasteiger partial charge in [-0.05, 0) is 17.5 Å². The summed E-state index contributed by atoms with van der Waals surface area (Å²) in [6, 6.07) is 8.12. The zero-order chi connectivity index (χ0) is 8.27.